The second-order valence-electron chi connectivity index (χ2n) is 7.89. The Labute approximate surface area is 176 Å². The molecule has 1 heterocycles. The average Bonchev–Trinajstić information content (AvgIpc) is 3.39. The van der Waals surface area contributed by atoms with Crippen molar-refractivity contribution >= 4 is 29.4 Å². The first kappa shape index (κ1) is 20.0. The summed E-state index contributed by atoms with van der Waals surface area (Å²) in [6.45, 7) is 4.26. The smallest absolute Gasteiger partial charge is 0.233 e. The van der Waals surface area contributed by atoms with Gasteiger partial charge in [-0.15, -0.1) is 0 Å². The number of halogens is 1. The number of amides is 2. The second-order valence-corrected chi connectivity index (χ2v) is 8.33. The maximum absolute atomic E-state index is 12.7. The van der Waals surface area contributed by atoms with E-state index in [0.717, 1.165) is 24.4 Å². The van der Waals surface area contributed by atoms with Crippen molar-refractivity contribution in [2.45, 2.75) is 19.8 Å². The maximum atomic E-state index is 12.7. The normalized spacial score (nSPS) is 27.7. The fourth-order valence-corrected chi connectivity index (χ4v) is 4.89. The molecule has 1 aliphatic heterocycles. The highest BCUT2D eigenvalue weighted by molar-refractivity contribution is 6.30. The molecule has 4 unspecified atom stereocenters. The lowest BCUT2D eigenvalue weighted by molar-refractivity contribution is -0.140. The number of nitrogens with zero attached hydrogens (tertiary/aromatic N) is 2. The van der Waals surface area contributed by atoms with Gasteiger partial charge in [0.05, 0.1) is 11.8 Å². The zero-order valence-corrected chi connectivity index (χ0v) is 17.4. The van der Waals surface area contributed by atoms with E-state index in [4.69, 9.17) is 11.6 Å². The average molecular weight is 415 g/mol. The van der Waals surface area contributed by atoms with Gasteiger partial charge in [-0.1, -0.05) is 35.9 Å². The molecule has 7 heteroatoms. The number of hydrogen-bond donors (Lipinski definition) is 2. The number of rotatable bonds is 7. The molecule has 1 saturated heterocycles. The monoisotopic (exact) mass is 414 g/mol. The summed E-state index contributed by atoms with van der Waals surface area (Å²) in [5.41, 5.74) is 1.18. The molecule has 1 aromatic rings. The summed E-state index contributed by atoms with van der Waals surface area (Å²) in [5.74, 6) is 0.962. The summed E-state index contributed by atoms with van der Waals surface area (Å²) in [4.78, 5) is 31.5. The highest BCUT2D eigenvalue weighted by atomic mass is 35.5. The Balaban J connectivity index is 1.28. The van der Waals surface area contributed by atoms with Crippen molar-refractivity contribution in [3.05, 3.63) is 47.0 Å². The number of aliphatic imine (C=N–C) groups is 1. The number of guanidine groups is 1. The third-order valence-corrected chi connectivity index (χ3v) is 6.37. The van der Waals surface area contributed by atoms with Crippen LogP contribution in [0.25, 0.3) is 0 Å². The lowest BCUT2D eigenvalue weighted by Crippen LogP contribution is -2.43. The van der Waals surface area contributed by atoms with Crippen molar-refractivity contribution in [3.8, 4) is 0 Å². The molecular weight excluding hydrogens is 388 g/mol. The number of allylic oxidation sites excluding steroid dienone is 2. The Kier molecular flexibility index (Phi) is 5.90. The van der Waals surface area contributed by atoms with Crippen LogP contribution in [0.5, 0.6) is 0 Å². The van der Waals surface area contributed by atoms with Crippen molar-refractivity contribution in [1.82, 2.24) is 15.5 Å². The fraction of sp³-hybridized carbons (Fsp3) is 0.500. The van der Waals surface area contributed by atoms with Gasteiger partial charge in [-0.3, -0.25) is 19.5 Å². The van der Waals surface area contributed by atoms with E-state index in [9.17, 15) is 9.59 Å². The Morgan fingerprint density at radius 2 is 1.76 bits per heavy atom. The molecule has 29 heavy (non-hydrogen) atoms. The summed E-state index contributed by atoms with van der Waals surface area (Å²) in [6, 6.07) is 7.76. The lowest BCUT2D eigenvalue weighted by atomic mass is 9.85. The van der Waals surface area contributed by atoms with Crippen molar-refractivity contribution in [3.63, 3.8) is 0 Å². The zero-order valence-electron chi connectivity index (χ0n) is 16.6. The van der Waals surface area contributed by atoms with Gasteiger partial charge in [0.25, 0.3) is 0 Å². The highest BCUT2D eigenvalue weighted by Crippen LogP contribution is 2.52. The first-order chi connectivity index (χ1) is 14.1. The van der Waals surface area contributed by atoms with Crippen LogP contribution in [0.3, 0.4) is 0 Å². The van der Waals surface area contributed by atoms with Gasteiger partial charge in [-0.05, 0) is 49.3 Å². The molecule has 2 aliphatic carbocycles. The molecule has 0 aromatic heterocycles. The van der Waals surface area contributed by atoms with Gasteiger partial charge in [-0.25, -0.2) is 0 Å². The first-order valence-electron chi connectivity index (χ1n) is 10.4. The van der Waals surface area contributed by atoms with Crippen molar-refractivity contribution < 1.29 is 9.59 Å². The van der Waals surface area contributed by atoms with E-state index in [1.165, 1.54) is 10.5 Å². The van der Waals surface area contributed by atoms with Crippen LogP contribution in [0.15, 0.2) is 41.4 Å². The van der Waals surface area contributed by atoms with Crippen molar-refractivity contribution in [1.29, 1.82) is 0 Å². The number of likely N-dealkylation sites (tertiary alicyclic amines) is 1. The summed E-state index contributed by atoms with van der Waals surface area (Å²) >= 11 is 5.92. The molecule has 4 rings (SSSR count). The number of fused-ring (bicyclic) bond motifs is 5. The van der Waals surface area contributed by atoms with E-state index in [-0.39, 0.29) is 35.5 Å². The third-order valence-electron chi connectivity index (χ3n) is 6.12. The van der Waals surface area contributed by atoms with E-state index in [2.05, 4.69) is 27.8 Å². The minimum atomic E-state index is -0.126. The Morgan fingerprint density at radius 3 is 2.38 bits per heavy atom. The molecule has 2 fully saturated rings. The maximum Gasteiger partial charge on any atom is 0.233 e. The van der Waals surface area contributed by atoms with Gasteiger partial charge >= 0.3 is 0 Å². The summed E-state index contributed by atoms with van der Waals surface area (Å²) in [7, 11) is 0. The van der Waals surface area contributed by atoms with Crippen LogP contribution in [0, 0.1) is 23.7 Å². The predicted molar refractivity (Wildman–Crippen MR) is 114 cm³/mol. The number of nitrogens with one attached hydrogen (secondary N) is 2. The van der Waals surface area contributed by atoms with Gasteiger partial charge in [0, 0.05) is 31.2 Å². The van der Waals surface area contributed by atoms with Crippen LogP contribution in [-0.2, 0) is 16.0 Å². The number of benzene rings is 1. The number of carbonyl (C=O) groups excluding carboxylic acids is 2. The molecular formula is C22H27ClN4O2. The molecule has 0 radical (unpaired) electrons. The van der Waals surface area contributed by atoms with Gasteiger partial charge in [0.15, 0.2) is 5.96 Å². The van der Waals surface area contributed by atoms with E-state index < -0.39 is 0 Å². The van der Waals surface area contributed by atoms with Crippen LogP contribution in [0.1, 0.15) is 18.9 Å². The van der Waals surface area contributed by atoms with E-state index >= 15 is 0 Å². The molecule has 2 bridgehead atoms. The lowest BCUT2D eigenvalue weighted by Gasteiger charge is -2.18. The molecule has 154 valence electrons. The molecule has 1 saturated carbocycles. The SMILES string of the molecule is CCNC(=NCCc1ccc(Cl)cc1)NCCN1C(=O)C2C3C=CC(C3)C2C1=O. The predicted octanol–water partition coefficient (Wildman–Crippen LogP) is 2.24. The zero-order chi connectivity index (χ0) is 20.4. The molecule has 3 aliphatic rings. The van der Waals surface area contributed by atoms with E-state index in [0.29, 0.717) is 25.6 Å². The van der Waals surface area contributed by atoms with Gasteiger partial charge in [-0.2, -0.15) is 0 Å². The summed E-state index contributed by atoms with van der Waals surface area (Å²) < 4.78 is 0. The summed E-state index contributed by atoms with van der Waals surface area (Å²) in [5, 5.41) is 7.18. The van der Waals surface area contributed by atoms with Crippen LogP contribution in [0.4, 0.5) is 0 Å². The van der Waals surface area contributed by atoms with Crippen LogP contribution >= 0.6 is 11.6 Å². The van der Waals surface area contributed by atoms with Gasteiger partial charge < -0.3 is 10.6 Å². The third kappa shape index (κ3) is 4.04. The van der Waals surface area contributed by atoms with Gasteiger partial charge in [0.1, 0.15) is 0 Å². The second kappa shape index (κ2) is 8.57. The molecule has 4 atom stereocenters. The van der Waals surface area contributed by atoms with Gasteiger partial charge in [0.2, 0.25) is 11.8 Å². The van der Waals surface area contributed by atoms with Crippen molar-refractivity contribution in [2.24, 2.45) is 28.7 Å². The minimum Gasteiger partial charge on any atom is -0.357 e. The highest BCUT2D eigenvalue weighted by Gasteiger charge is 2.58. The molecule has 6 nitrogen and oxygen atoms in total. The van der Waals surface area contributed by atoms with E-state index in [1.54, 1.807) is 0 Å². The fourth-order valence-electron chi connectivity index (χ4n) is 4.76. The van der Waals surface area contributed by atoms with Crippen LogP contribution in [-0.4, -0.2) is 48.9 Å². The molecule has 2 N–H and O–H groups in total. The number of imide groups is 1. The topological polar surface area (TPSA) is 73.8 Å². The standard InChI is InChI=1S/C22H27ClN4O2/c1-2-24-22(25-10-9-14-3-7-17(23)8-4-14)26-11-12-27-20(28)18-15-5-6-16(13-15)19(18)21(27)29/h3-8,15-16,18-19H,2,9-13H2,1H3,(H2,24,25,26). The Bertz CT molecular complexity index is 806. The number of hydrogen-bond acceptors (Lipinski definition) is 3. The van der Waals surface area contributed by atoms with E-state index in [1.807, 2.05) is 31.2 Å². The Morgan fingerprint density at radius 1 is 1.10 bits per heavy atom. The molecule has 1 aromatic carbocycles. The van der Waals surface area contributed by atoms with Crippen molar-refractivity contribution in [2.75, 3.05) is 26.2 Å². The quantitative estimate of drug-likeness (QED) is 0.310. The molecule has 0 spiro atoms. The van der Waals surface area contributed by atoms with Crippen LogP contribution in [0.2, 0.25) is 5.02 Å². The first-order valence-corrected chi connectivity index (χ1v) is 10.8. The minimum absolute atomic E-state index is 0.00308. The number of carbonyl (C=O) groups is 2. The largest absolute Gasteiger partial charge is 0.357 e. The molecule has 2 amide bonds. The van der Waals surface area contributed by atoms with Crippen LogP contribution < -0.4 is 10.6 Å². The summed E-state index contributed by atoms with van der Waals surface area (Å²) in [6.07, 6.45) is 6.02. The Hall–Kier alpha value is -2.34.